The first-order valence-electron chi connectivity index (χ1n) is 11.9. The molecule has 8 heteroatoms. The molecule has 0 saturated carbocycles. The highest BCUT2D eigenvalue weighted by atomic mass is 32.2. The molecule has 0 heterocycles. The molecule has 1 unspecified atom stereocenters. The van der Waals surface area contributed by atoms with Crippen molar-refractivity contribution in [2.75, 3.05) is 46.8 Å². The zero-order valence-corrected chi connectivity index (χ0v) is 22.1. The van der Waals surface area contributed by atoms with E-state index in [1.54, 1.807) is 49.2 Å². The third-order valence-electron chi connectivity index (χ3n) is 5.43. The number of benzene rings is 3. The lowest BCUT2D eigenvalue weighted by Gasteiger charge is -2.14. The molecule has 0 spiro atoms. The van der Waals surface area contributed by atoms with E-state index in [0.717, 1.165) is 10.5 Å². The molecule has 0 aliphatic carbocycles. The van der Waals surface area contributed by atoms with Crippen molar-refractivity contribution in [3.63, 3.8) is 0 Å². The van der Waals surface area contributed by atoms with Crippen LogP contribution in [0.2, 0.25) is 0 Å². The number of rotatable bonds is 14. The van der Waals surface area contributed by atoms with Crippen molar-refractivity contribution in [2.24, 2.45) is 0 Å². The average molecular weight is 524 g/mol. The second kappa shape index (κ2) is 14.9. The van der Waals surface area contributed by atoms with Crippen LogP contribution in [0.4, 0.5) is 0 Å². The lowest BCUT2D eigenvalue weighted by Crippen LogP contribution is -2.33. The minimum Gasteiger partial charge on any atom is -0.493 e. The first-order chi connectivity index (χ1) is 18.0. The molecule has 37 heavy (non-hydrogen) atoms. The van der Waals surface area contributed by atoms with E-state index in [2.05, 4.69) is 5.32 Å². The molecule has 196 valence electrons. The van der Waals surface area contributed by atoms with Gasteiger partial charge in [-0.1, -0.05) is 36.4 Å². The van der Waals surface area contributed by atoms with Crippen molar-refractivity contribution in [1.82, 2.24) is 5.32 Å². The normalized spacial score (nSPS) is 12.1. The van der Waals surface area contributed by atoms with Gasteiger partial charge in [-0.2, -0.15) is 0 Å². The summed E-state index contributed by atoms with van der Waals surface area (Å²) in [5, 5.41) is 13.4. The Labute approximate surface area is 222 Å². The standard InChI is InChI=1S/C29H33NO6S/c1-33-27-6-4-5-7-28(27)35-17-16-30-19-23(31)20-36-24-12-10-22(11-13-24)26(29(32)34-2)18-21-8-14-25(37-3)15-9-21/h4-15,18,23,30-31H,16-17,19-20H2,1-3H3. The van der Waals surface area contributed by atoms with Crippen LogP contribution in [0.3, 0.4) is 0 Å². The molecule has 1 atom stereocenters. The Hall–Kier alpha value is -3.46. The van der Waals surface area contributed by atoms with Gasteiger partial charge in [-0.3, -0.25) is 0 Å². The molecule has 0 radical (unpaired) electrons. The van der Waals surface area contributed by atoms with Gasteiger partial charge in [0.1, 0.15) is 25.1 Å². The molecule has 3 aromatic rings. The van der Waals surface area contributed by atoms with E-state index in [1.807, 2.05) is 54.8 Å². The number of nitrogens with one attached hydrogen (secondary N) is 1. The Morgan fingerprint density at radius 3 is 2.32 bits per heavy atom. The van der Waals surface area contributed by atoms with Crippen LogP contribution >= 0.6 is 11.8 Å². The fourth-order valence-corrected chi connectivity index (χ4v) is 3.87. The number of ether oxygens (including phenoxy) is 4. The van der Waals surface area contributed by atoms with Crippen LogP contribution in [0.15, 0.2) is 77.7 Å². The number of aliphatic hydroxyl groups excluding tert-OH is 1. The summed E-state index contributed by atoms with van der Waals surface area (Å²) in [6.07, 6.45) is 3.13. The van der Waals surface area contributed by atoms with Crippen LogP contribution in [0, 0.1) is 0 Å². The number of para-hydroxylation sites is 2. The van der Waals surface area contributed by atoms with Gasteiger partial charge < -0.3 is 29.4 Å². The van der Waals surface area contributed by atoms with Crippen molar-refractivity contribution in [2.45, 2.75) is 11.0 Å². The minimum absolute atomic E-state index is 0.126. The van der Waals surface area contributed by atoms with E-state index in [1.165, 1.54) is 7.11 Å². The molecule has 0 aliphatic rings. The Bertz CT molecular complexity index is 1150. The van der Waals surface area contributed by atoms with Gasteiger partial charge in [0.25, 0.3) is 0 Å². The zero-order chi connectivity index (χ0) is 26.5. The molecule has 0 saturated heterocycles. The van der Waals surface area contributed by atoms with Crippen LogP contribution in [0.5, 0.6) is 17.2 Å². The Balaban J connectivity index is 1.47. The van der Waals surface area contributed by atoms with Crippen LogP contribution in [0.25, 0.3) is 11.6 Å². The maximum absolute atomic E-state index is 12.4. The smallest absolute Gasteiger partial charge is 0.338 e. The number of aliphatic hydroxyl groups is 1. The molecule has 3 aromatic carbocycles. The molecule has 7 nitrogen and oxygen atoms in total. The molecule has 0 aromatic heterocycles. The first-order valence-corrected chi connectivity index (χ1v) is 13.1. The summed E-state index contributed by atoms with van der Waals surface area (Å²) >= 11 is 1.66. The maximum Gasteiger partial charge on any atom is 0.338 e. The highest BCUT2D eigenvalue weighted by molar-refractivity contribution is 7.98. The number of carbonyl (C=O) groups excluding carboxylic acids is 1. The van der Waals surface area contributed by atoms with Gasteiger partial charge in [0.05, 0.1) is 19.8 Å². The van der Waals surface area contributed by atoms with Crippen LogP contribution in [0.1, 0.15) is 11.1 Å². The van der Waals surface area contributed by atoms with E-state index in [-0.39, 0.29) is 6.61 Å². The predicted molar refractivity (Wildman–Crippen MR) is 147 cm³/mol. The van der Waals surface area contributed by atoms with Gasteiger partial charge in [0.2, 0.25) is 0 Å². The first kappa shape index (κ1) is 28.1. The van der Waals surface area contributed by atoms with Gasteiger partial charge in [-0.15, -0.1) is 11.8 Å². The summed E-state index contributed by atoms with van der Waals surface area (Å²) in [7, 11) is 2.97. The van der Waals surface area contributed by atoms with E-state index in [4.69, 9.17) is 18.9 Å². The third kappa shape index (κ3) is 8.86. The van der Waals surface area contributed by atoms with Gasteiger partial charge in [0, 0.05) is 18.0 Å². The zero-order valence-electron chi connectivity index (χ0n) is 21.3. The number of thioether (sulfide) groups is 1. The monoisotopic (exact) mass is 523 g/mol. The van der Waals surface area contributed by atoms with Crippen molar-refractivity contribution in [3.8, 4) is 17.2 Å². The fourth-order valence-electron chi connectivity index (χ4n) is 3.46. The van der Waals surface area contributed by atoms with Gasteiger partial charge in [0.15, 0.2) is 11.5 Å². The number of esters is 1. The lowest BCUT2D eigenvalue weighted by molar-refractivity contribution is -0.133. The largest absolute Gasteiger partial charge is 0.493 e. The third-order valence-corrected chi connectivity index (χ3v) is 6.17. The Morgan fingerprint density at radius 2 is 1.68 bits per heavy atom. The van der Waals surface area contributed by atoms with Crippen molar-refractivity contribution >= 4 is 29.4 Å². The summed E-state index contributed by atoms with van der Waals surface area (Å²) in [6, 6.07) is 22.5. The minimum atomic E-state index is -0.694. The summed E-state index contributed by atoms with van der Waals surface area (Å²) < 4.78 is 21.7. The number of hydrogen-bond acceptors (Lipinski definition) is 8. The average Bonchev–Trinajstić information content (AvgIpc) is 2.95. The molecule has 0 fully saturated rings. The van der Waals surface area contributed by atoms with E-state index in [9.17, 15) is 9.90 Å². The van der Waals surface area contributed by atoms with Crippen LogP contribution < -0.4 is 19.5 Å². The van der Waals surface area contributed by atoms with E-state index >= 15 is 0 Å². The summed E-state index contributed by atoms with van der Waals surface area (Å²) in [6.45, 7) is 1.48. The summed E-state index contributed by atoms with van der Waals surface area (Å²) in [4.78, 5) is 13.6. The number of hydrogen-bond donors (Lipinski definition) is 2. The summed E-state index contributed by atoms with van der Waals surface area (Å²) in [5.74, 6) is 1.54. The molecule has 2 N–H and O–H groups in total. The second-order valence-electron chi connectivity index (χ2n) is 8.02. The van der Waals surface area contributed by atoms with Gasteiger partial charge in [-0.25, -0.2) is 4.79 Å². The molecular weight excluding hydrogens is 490 g/mol. The second-order valence-corrected chi connectivity index (χ2v) is 8.90. The highest BCUT2D eigenvalue weighted by Crippen LogP contribution is 2.26. The topological polar surface area (TPSA) is 86.3 Å². The van der Waals surface area contributed by atoms with E-state index < -0.39 is 12.1 Å². The van der Waals surface area contributed by atoms with Crippen LogP contribution in [-0.2, 0) is 9.53 Å². The lowest BCUT2D eigenvalue weighted by atomic mass is 10.0. The SMILES string of the molecule is COC(=O)C(=Cc1ccc(SC)cc1)c1ccc(OCC(O)CNCCOc2ccccc2OC)cc1. The van der Waals surface area contributed by atoms with Gasteiger partial charge in [-0.05, 0) is 59.9 Å². The highest BCUT2D eigenvalue weighted by Gasteiger charge is 2.13. The molecule has 0 aliphatic heterocycles. The quantitative estimate of drug-likeness (QED) is 0.105. The summed E-state index contributed by atoms with van der Waals surface area (Å²) in [5.41, 5.74) is 2.07. The van der Waals surface area contributed by atoms with Crippen molar-refractivity contribution in [3.05, 3.63) is 83.9 Å². The van der Waals surface area contributed by atoms with Crippen LogP contribution in [-0.4, -0.2) is 64.0 Å². The van der Waals surface area contributed by atoms with Crippen molar-refractivity contribution < 1.29 is 28.8 Å². The molecule has 0 bridgehead atoms. The Kier molecular flexibility index (Phi) is 11.4. The maximum atomic E-state index is 12.4. The van der Waals surface area contributed by atoms with Gasteiger partial charge >= 0.3 is 5.97 Å². The number of methoxy groups -OCH3 is 2. The predicted octanol–water partition coefficient (Wildman–Crippen LogP) is 4.54. The molecule has 0 amide bonds. The van der Waals surface area contributed by atoms with Crippen molar-refractivity contribution in [1.29, 1.82) is 0 Å². The molecular formula is C29H33NO6S. The number of carbonyl (C=O) groups is 1. The fraction of sp³-hybridized carbons (Fsp3) is 0.276. The van der Waals surface area contributed by atoms with E-state index in [0.29, 0.717) is 48.1 Å². The Morgan fingerprint density at radius 1 is 0.973 bits per heavy atom. The molecule has 3 rings (SSSR count).